The van der Waals surface area contributed by atoms with Crippen LogP contribution in [-0.4, -0.2) is 79.7 Å². The summed E-state index contributed by atoms with van der Waals surface area (Å²) in [5.74, 6) is 6.76. The molecule has 1 aromatic rings. The molecule has 4 aliphatic rings. The van der Waals surface area contributed by atoms with E-state index >= 15 is 0 Å². The number of nitrogens with two attached hydrogens (primary N) is 1. The molecule has 4 heterocycles. The number of hydrogen-bond donors (Lipinski definition) is 3. The first kappa shape index (κ1) is 28.4. The van der Waals surface area contributed by atoms with Crippen LogP contribution in [0, 0.1) is 0 Å². The van der Waals surface area contributed by atoms with E-state index in [0.717, 1.165) is 74.3 Å². The van der Waals surface area contributed by atoms with Gasteiger partial charge in [-0.05, 0) is 0 Å². The van der Waals surface area contributed by atoms with Crippen molar-refractivity contribution in [3.8, 4) is 0 Å². The number of halogens is 3. The number of urea groups is 1. The number of rotatable bonds is 6. The summed E-state index contributed by atoms with van der Waals surface area (Å²) in [7, 11) is 3.66. The molecule has 8 nitrogen and oxygen atoms in total. The SMILES string of the molecule is CNC(=O)N1CCC(N(N)C2CCNCC2)=C([I-]N2CCCc3cc(C4=CN(C)C(C)C4)c(C(F)F)cc32)C1. The van der Waals surface area contributed by atoms with Gasteiger partial charge in [0, 0.05) is 0 Å². The van der Waals surface area contributed by atoms with Crippen LogP contribution in [0.4, 0.5) is 19.3 Å². The van der Waals surface area contributed by atoms with Crippen molar-refractivity contribution >= 4 is 17.3 Å². The molecule has 0 radical (unpaired) electrons. The Labute approximate surface area is 241 Å². The number of carbonyl (C=O) groups is 1. The number of aryl methyl sites for hydroxylation is 1. The van der Waals surface area contributed by atoms with Crippen molar-refractivity contribution in [3.05, 3.63) is 44.3 Å². The van der Waals surface area contributed by atoms with E-state index in [1.807, 2.05) is 29.2 Å². The van der Waals surface area contributed by atoms with Gasteiger partial charge in [0.25, 0.3) is 0 Å². The van der Waals surface area contributed by atoms with Crippen LogP contribution in [0.1, 0.15) is 62.1 Å². The van der Waals surface area contributed by atoms with Crippen molar-refractivity contribution in [2.24, 2.45) is 5.84 Å². The van der Waals surface area contributed by atoms with E-state index in [-0.39, 0.29) is 17.6 Å². The van der Waals surface area contributed by atoms with Gasteiger partial charge in [0.2, 0.25) is 0 Å². The van der Waals surface area contributed by atoms with Crippen LogP contribution in [0.5, 0.6) is 0 Å². The van der Waals surface area contributed by atoms with Gasteiger partial charge in [0.15, 0.2) is 0 Å². The third-order valence-electron chi connectivity index (χ3n) is 8.44. The molecule has 1 saturated heterocycles. The van der Waals surface area contributed by atoms with Crippen LogP contribution in [0.2, 0.25) is 0 Å². The van der Waals surface area contributed by atoms with Crippen LogP contribution in [0.3, 0.4) is 0 Å². The fourth-order valence-corrected chi connectivity index (χ4v) is 9.42. The van der Waals surface area contributed by atoms with Crippen molar-refractivity contribution in [1.82, 2.24) is 25.4 Å². The fourth-order valence-electron chi connectivity index (χ4n) is 6.04. The van der Waals surface area contributed by atoms with Gasteiger partial charge in [-0.25, -0.2) is 0 Å². The number of nitrogens with one attached hydrogen (secondary N) is 2. The molecule has 0 spiro atoms. The fraction of sp³-hybridized carbons (Fsp3) is 0.607. The van der Waals surface area contributed by atoms with Crippen molar-refractivity contribution in [1.29, 1.82) is 0 Å². The van der Waals surface area contributed by atoms with Crippen LogP contribution < -0.4 is 41.1 Å². The van der Waals surface area contributed by atoms with Crippen molar-refractivity contribution in [2.45, 2.75) is 64.0 Å². The Bertz CT molecular complexity index is 1140. The number of nitrogens with zero attached hydrogens (tertiary/aromatic N) is 4. The molecule has 0 aromatic heterocycles. The summed E-state index contributed by atoms with van der Waals surface area (Å²) in [5.41, 5.74) is 5.03. The van der Waals surface area contributed by atoms with Gasteiger partial charge in [0.1, 0.15) is 0 Å². The molecular formula is C28H41F2IN7O-. The van der Waals surface area contributed by atoms with Crippen LogP contribution in [0.15, 0.2) is 27.6 Å². The third kappa shape index (κ3) is 6.00. The number of piperidine rings is 1. The van der Waals surface area contributed by atoms with Gasteiger partial charge >= 0.3 is 242 Å². The molecule has 2 amide bonds. The molecular weight excluding hydrogens is 615 g/mol. The van der Waals surface area contributed by atoms with E-state index in [9.17, 15) is 13.6 Å². The second-order valence-electron chi connectivity index (χ2n) is 11.0. The molecule has 1 aromatic carbocycles. The first-order chi connectivity index (χ1) is 18.8. The number of amides is 2. The summed E-state index contributed by atoms with van der Waals surface area (Å²) in [6.45, 7) is 6.01. The zero-order valence-electron chi connectivity index (χ0n) is 23.2. The molecule has 0 aliphatic carbocycles. The van der Waals surface area contributed by atoms with Crippen molar-refractivity contribution in [3.63, 3.8) is 0 Å². The van der Waals surface area contributed by atoms with E-state index in [1.165, 1.54) is 3.58 Å². The number of alkyl halides is 2. The number of anilines is 1. The van der Waals surface area contributed by atoms with E-state index in [1.54, 1.807) is 13.1 Å². The summed E-state index contributed by atoms with van der Waals surface area (Å²) in [6.07, 6.45) is 4.82. The van der Waals surface area contributed by atoms with Crippen molar-refractivity contribution in [2.75, 3.05) is 49.9 Å². The molecule has 11 heteroatoms. The van der Waals surface area contributed by atoms with E-state index < -0.39 is 27.9 Å². The Kier molecular flexibility index (Phi) is 8.87. The van der Waals surface area contributed by atoms with Gasteiger partial charge < -0.3 is 0 Å². The average molecular weight is 657 g/mol. The Morgan fingerprint density at radius 2 is 2.00 bits per heavy atom. The number of hydrogen-bond acceptors (Lipinski definition) is 6. The second-order valence-corrected chi connectivity index (χ2v) is 13.9. The predicted octanol–water partition coefficient (Wildman–Crippen LogP) is 0.630. The van der Waals surface area contributed by atoms with E-state index in [0.29, 0.717) is 31.1 Å². The summed E-state index contributed by atoms with van der Waals surface area (Å²) >= 11 is -0.743. The first-order valence-electron chi connectivity index (χ1n) is 14.0. The van der Waals surface area contributed by atoms with Gasteiger partial charge in [-0.3, -0.25) is 0 Å². The molecule has 39 heavy (non-hydrogen) atoms. The topological polar surface area (TPSA) is 80.1 Å². The molecule has 5 rings (SSSR count). The van der Waals surface area contributed by atoms with Gasteiger partial charge in [-0.1, -0.05) is 0 Å². The average Bonchev–Trinajstić information content (AvgIpc) is 3.29. The number of carbonyl (C=O) groups excluding carboxylic acids is 1. The predicted molar refractivity (Wildman–Crippen MR) is 146 cm³/mol. The van der Waals surface area contributed by atoms with Gasteiger partial charge in [0.05, 0.1) is 0 Å². The third-order valence-corrected chi connectivity index (χ3v) is 11.6. The van der Waals surface area contributed by atoms with Crippen LogP contribution in [0.25, 0.3) is 5.57 Å². The summed E-state index contributed by atoms with van der Waals surface area (Å²) in [4.78, 5) is 16.5. The van der Waals surface area contributed by atoms with Crippen LogP contribution >= 0.6 is 0 Å². The summed E-state index contributed by atoms with van der Waals surface area (Å²) in [5, 5.41) is 8.14. The Morgan fingerprint density at radius 1 is 1.23 bits per heavy atom. The molecule has 4 aliphatic heterocycles. The molecule has 0 bridgehead atoms. The zero-order chi connectivity index (χ0) is 27.7. The van der Waals surface area contributed by atoms with Crippen LogP contribution in [-0.2, 0) is 6.42 Å². The first-order valence-corrected chi connectivity index (χ1v) is 16.0. The number of benzene rings is 1. The Hall–Kier alpha value is -2.12. The molecule has 1 unspecified atom stereocenters. The summed E-state index contributed by atoms with van der Waals surface area (Å²) < 4.78 is 32.4. The quantitative estimate of drug-likeness (QED) is 0.181. The number of fused-ring (bicyclic) bond motifs is 1. The van der Waals surface area contributed by atoms with Crippen molar-refractivity contribution < 1.29 is 35.1 Å². The monoisotopic (exact) mass is 656 g/mol. The standard InChI is InChI=1S/C28H41F2IN7O/c1-18-13-20(16-35(18)3)22-14-19-5-4-11-37(26(19)15-23(22)27(29)30)31-24-17-36(28(39)33-2)12-8-25(24)38(32)21-6-9-34-10-7-21/h14-16,18,21,27,34H,4-13,17,32H2,1-3H3,(H,33,39)/q-1. The van der Waals surface area contributed by atoms with E-state index in [4.69, 9.17) is 5.84 Å². The Balaban J connectivity index is 1.48. The normalized spacial score (nSPS) is 22.5. The van der Waals surface area contributed by atoms with Gasteiger partial charge in [-0.2, -0.15) is 0 Å². The molecule has 216 valence electrons. The molecule has 1 fully saturated rings. The summed E-state index contributed by atoms with van der Waals surface area (Å²) in [6, 6.07) is 4.28. The maximum absolute atomic E-state index is 14.4. The molecule has 1 atom stereocenters. The molecule has 4 N–H and O–H groups in total. The zero-order valence-corrected chi connectivity index (χ0v) is 25.3. The minimum atomic E-state index is -2.54. The molecule has 0 saturated carbocycles. The maximum atomic E-state index is 14.4. The minimum absolute atomic E-state index is 0.0892. The van der Waals surface area contributed by atoms with Gasteiger partial charge in [-0.15, -0.1) is 0 Å². The second kappa shape index (κ2) is 12.2. The Morgan fingerprint density at radius 3 is 2.67 bits per heavy atom. The number of hydrazine groups is 1. The van der Waals surface area contributed by atoms with E-state index in [2.05, 4.69) is 25.6 Å².